The molecule has 8 heteroatoms. The molecule has 0 aliphatic heterocycles. The second-order valence-corrected chi connectivity index (χ2v) is 4.33. The molecular formula is C11H13ClF3N3O. The Labute approximate surface area is 113 Å². The molecule has 1 amide bonds. The van der Waals surface area contributed by atoms with E-state index in [4.69, 9.17) is 17.3 Å². The molecule has 0 fully saturated rings. The average Bonchev–Trinajstić information content (AvgIpc) is 2.30. The number of amides is 1. The number of nitrogens with two attached hydrogens (primary N) is 1. The molecule has 0 saturated carbocycles. The van der Waals surface area contributed by atoms with Crippen LogP contribution in [0.5, 0.6) is 0 Å². The Morgan fingerprint density at radius 3 is 2.68 bits per heavy atom. The maximum atomic E-state index is 11.9. The van der Waals surface area contributed by atoms with Crippen LogP contribution in [0.4, 0.5) is 19.0 Å². The van der Waals surface area contributed by atoms with Gasteiger partial charge in [-0.1, -0.05) is 11.6 Å². The fraction of sp³-hybridized carbons (Fsp3) is 0.455. The second-order valence-electron chi connectivity index (χ2n) is 3.92. The lowest BCUT2D eigenvalue weighted by atomic mass is 10.2. The van der Waals surface area contributed by atoms with Gasteiger partial charge in [-0.2, -0.15) is 13.2 Å². The summed E-state index contributed by atoms with van der Waals surface area (Å²) < 4.78 is 35.6. The Balaban J connectivity index is 2.33. The van der Waals surface area contributed by atoms with E-state index in [0.29, 0.717) is 0 Å². The van der Waals surface area contributed by atoms with E-state index in [1.165, 1.54) is 12.3 Å². The van der Waals surface area contributed by atoms with E-state index in [2.05, 4.69) is 10.3 Å². The van der Waals surface area contributed by atoms with Crippen molar-refractivity contribution in [2.24, 2.45) is 0 Å². The maximum absolute atomic E-state index is 11.9. The summed E-state index contributed by atoms with van der Waals surface area (Å²) in [6.45, 7) is 0.164. The van der Waals surface area contributed by atoms with Crippen LogP contribution in [0.15, 0.2) is 12.3 Å². The van der Waals surface area contributed by atoms with E-state index >= 15 is 0 Å². The number of halogens is 4. The van der Waals surface area contributed by atoms with Gasteiger partial charge in [-0.3, -0.25) is 4.79 Å². The molecule has 4 nitrogen and oxygen atoms in total. The predicted octanol–water partition coefficient (Wildman–Crippen LogP) is 2.78. The number of carbonyl (C=O) groups is 1. The summed E-state index contributed by atoms with van der Waals surface area (Å²) in [7, 11) is 0. The van der Waals surface area contributed by atoms with Gasteiger partial charge in [0.1, 0.15) is 5.82 Å². The average molecular weight is 296 g/mol. The lowest BCUT2D eigenvalue weighted by molar-refractivity contribution is -0.135. The number of unbranched alkanes of at least 4 members (excludes halogenated alkanes) is 1. The lowest BCUT2D eigenvalue weighted by Gasteiger charge is -2.07. The summed E-state index contributed by atoms with van der Waals surface area (Å²) in [6.07, 6.45) is -3.52. The number of anilines is 1. The van der Waals surface area contributed by atoms with E-state index in [9.17, 15) is 18.0 Å². The van der Waals surface area contributed by atoms with Crippen LogP contribution < -0.4 is 11.1 Å². The van der Waals surface area contributed by atoms with Gasteiger partial charge in [-0.25, -0.2) is 4.98 Å². The molecule has 1 aromatic heterocycles. The number of hydrogen-bond donors (Lipinski definition) is 2. The molecule has 0 unspecified atom stereocenters. The topological polar surface area (TPSA) is 68.0 Å². The third-order valence-corrected chi connectivity index (χ3v) is 2.61. The highest BCUT2D eigenvalue weighted by Crippen LogP contribution is 2.22. The number of nitrogen functional groups attached to an aromatic ring is 1. The minimum Gasteiger partial charge on any atom is -0.382 e. The molecule has 0 radical (unpaired) electrons. The standard InChI is InChI=1S/C11H13ClF3N3O/c12-8-5-7(6-18-9(8)16)10(19)17-4-2-1-3-11(13,14)15/h5-6H,1-4H2,(H2,16,18)(H,17,19). The molecule has 1 aromatic rings. The van der Waals surface area contributed by atoms with Crippen molar-refractivity contribution < 1.29 is 18.0 Å². The first-order valence-corrected chi connectivity index (χ1v) is 5.93. The Bertz CT molecular complexity index is 451. The van der Waals surface area contributed by atoms with Crippen LogP contribution in [0, 0.1) is 0 Å². The number of carbonyl (C=O) groups excluding carboxylic acids is 1. The highest BCUT2D eigenvalue weighted by atomic mass is 35.5. The molecule has 0 spiro atoms. The Morgan fingerprint density at radius 1 is 1.42 bits per heavy atom. The first-order chi connectivity index (χ1) is 8.79. The van der Waals surface area contributed by atoms with Crippen molar-refractivity contribution in [3.63, 3.8) is 0 Å². The van der Waals surface area contributed by atoms with Crippen molar-refractivity contribution >= 4 is 23.3 Å². The predicted molar refractivity (Wildman–Crippen MR) is 65.9 cm³/mol. The fourth-order valence-corrected chi connectivity index (χ4v) is 1.49. The Kier molecular flexibility index (Phi) is 5.41. The summed E-state index contributed by atoms with van der Waals surface area (Å²) in [6, 6.07) is 1.36. The van der Waals surface area contributed by atoms with Crippen LogP contribution in [0.25, 0.3) is 0 Å². The first kappa shape index (κ1) is 15.6. The summed E-state index contributed by atoms with van der Waals surface area (Å²) >= 11 is 5.70. The van der Waals surface area contributed by atoms with Gasteiger partial charge in [-0.05, 0) is 18.9 Å². The summed E-state index contributed by atoms with van der Waals surface area (Å²) in [4.78, 5) is 15.3. The largest absolute Gasteiger partial charge is 0.389 e. The van der Waals surface area contributed by atoms with Gasteiger partial charge in [0.2, 0.25) is 0 Å². The molecule has 1 heterocycles. The SMILES string of the molecule is Nc1ncc(C(=O)NCCCCC(F)(F)F)cc1Cl. The highest BCUT2D eigenvalue weighted by molar-refractivity contribution is 6.33. The van der Waals surface area contributed by atoms with E-state index in [-0.39, 0.29) is 35.8 Å². The van der Waals surface area contributed by atoms with E-state index < -0.39 is 18.5 Å². The molecule has 0 bridgehead atoms. The maximum Gasteiger partial charge on any atom is 0.389 e. The van der Waals surface area contributed by atoms with Gasteiger partial charge in [0.15, 0.2) is 0 Å². The molecule has 0 atom stereocenters. The summed E-state index contributed by atoms with van der Waals surface area (Å²) in [5.74, 6) is -0.329. The Hall–Kier alpha value is -1.50. The fourth-order valence-electron chi connectivity index (χ4n) is 1.33. The van der Waals surface area contributed by atoms with Crippen molar-refractivity contribution in [1.29, 1.82) is 0 Å². The minimum atomic E-state index is -4.15. The molecule has 0 saturated heterocycles. The normalized spacial score (nSPS) is 11.4. The van der Waals surface area contributed by atoms with Crippen LogP contribution in [0.2, 0.25) is 5.02 Å². The van der Waals surface area contributed by atoms with Crippen molar-refractivity contribution in [3.05, 3.63) is 22.8 Å². The van der Waals surface area contributed by atoms with Gasteiger partial charge < -0.3 is 11.1 Å². The third-order valence-electron chi connectivity index (χ3n) is 2.30. The van der Waals surface area contributed by atoms with Crippen molar-refractivity contribution in [2.45, 2.75) is 25.4 Å². The number of rotatable bonds is 5. The Morgan fingerprint density at radius 2 is 2.11 bits per heavy atom. The lowest BCUT2D eigenvalue weighted by Crippen LogP contribution is -2.25. The van der Waals surface area contributed by atoms with Gasteiger partial charge in [0, 0.05) is 19.2 Å². The molecule has 106 valence electrons. The summed E-state index contributed by atoms with van der Waals surface area (Å²) in [5, 5.41) is 2.64. The monoisotopic (exact) mass is 295 g/mol. The number of aromatic nitrogens is 1. The van der Waals surface area contributed by atoms with Gasteiger partial charge in [-0.15, -0.1) is 0 Å². The quantitative estimate of drug-likeness (QED) is 0.821. The van der Waals surface area contributed by atoms with Crippen LogP contribution in [-0.2, 0) is 0 Å². The van der Waals surface area contributed by atoms with Gasteiger partial charge in [0.05, 0.1) is 10.6 Å². The zero-order chi connectivity index (χ0) is 14.5. The van der Waals surface area contributed by atoms with Crippen molar-refractivity contribution in [3.8, 4) is 0 Å². The number of nitrogens with zero attached hydrogens (tertiary/aromatic N) is 1. The molecule has 3 N–H and O–H groups in total. The molecule has 0 aliphatic carbocycles. The zero-order valence-electron chi connectivity index (χ0n) is 9.93. The van der Waals surface area contributed by atoms with E-state index in [1.54, 1.807) is 0 Å². The van der Waals surface area contributed by atoms with Gasteiger partial charge in [0.25, 0.3) is 5.91 Å². The van der Waals surface area contributed by atoms with E-state index in [0.717, 1.165) is 0 Å². The molecule has 0 aliphatic rings. The number of hydrogen-bond acceptors (Lipinski definition) is 3. The zero-order valence-corrected chi connectivity index (χ0v) is 10.7. The first-order valence-electron chi connectivity index (χ1n) is 5.55. The highest BCUT2D eigenvalue weighted by Gasteiger charge is 2.25. The number of nitrogens with one attached hydrogen (secondary N) is 1. The van der Waals surface area contributed by atoms with Crippen LogP contribution in [-0.4, -0.2) is 23.6 Å². The molecule has 19 heavy (non-hydrogen) atoms. The van der Waals surface area contributed by atoms with Crippen LogP contribution >= 0.6 is 11.6 Å². The summed E-state index contributed by atoms with van der Waals surface area (Å²) in [5.41, 5.74) is 5.61. The van der Waals surface area contributed by atoms with Crippen LogP contribution in [0.1, 0.15) is 29.6 Å². The van der Waals surface area contributed by atoms with Crippen molar-refractivity contribution in [2.75, 3.05) is 12.3 Å². The second kappa shape index (κ2) is 6.60. The molecule has 1 rings (SSSR count). The third kappa shape index (κ3) is 5.78. The number of alkyl halides is 3. The molecule has 0 aromatic carbocycles. The smallest absolute Gasteiger partial charge is 0.382 e. The van der Waals surface area contributed by atoms with Gasteiger partial charge >= 0.3 is 6.18 Å². The molecular weight excluding hydrogens is 283 g/mol. The number of pyridine rings is 1. The van der Waals surface area contributed by atoms with Crippen LogP contribution in [0.3, 0.4) is 0 Å². The van der Waals surface area contributed by atoms with Crippen molar-refractivity contribution in [1.82, 2.24) is 10.3 Å². The van der Waals surface area contributed by atoms with E-state index in [1.807, 2.05) is 0 Å². The minimum absolute atomic E-state index is 0.0233.